The lowest BCUT2D eigenvalue weighted by molar-refractivity contribution is -0.130. The van der Waals surface area contributed by atoms with Gasteiger partial charge in [0.25, 0.3) is 5.91 Å². The number of hydrogen-bond acceptors (Lipinski definition) is 3. The van der Waals surface area contributed by atoms with Gasteiger partial charge >= 0.3 is 5.97 Å². The van der Waals surface area contributed by atoms with Gasteiger partial charge in [0.1, 0.15) is 0 Å². The number of carbonyl (C=O) groups is 3. The van der Waals surface area contributed by atoms with Crippen LogP contribution in [0.3, 0.4) is 0 Å². The molecule has 0 aromatic heterocycles. The summed E-state index contributed by atoms with van der Waals surface area (Å²) in [5, 5.41) is 11.4. The van der Waals surface area contributed by atoms with Crippen LogP contribution in [-0.2, 0) is 4.79 Å². The highest BCUT2D eigenvalue weighted by Crippen LogP contribution is 2.09. The maximum atomic E-state index is 11.9. The molecule has 0 radical (unpaired) electrons. The van der Waals surface area contributed by atoms with Gasteiger partial charge in [-0.1, -0.05) is 6.07 Å². The van der Waals surface area contributed by atoms with E-state index in [9.17, 15) is 14.4 Å². The number of nitrogens with zero attached hydrogens (tertiary/aromatic N) is 1. The highest BCUT2D eigenvalue weighted by Gasteiger charge is 2.17. The molecule has 2 amide bonds. The minimum absolute atomic E-state index is 0.0463. The van der Waals surface area contributed by atoms with Crippen molar-refractivity contribution in [3.8, 4) is 0 Å². The minimum Gasteiger partial charge on any atom is -0.478 e. The van der Waals surface area contributed by atoms with E-state index in [4.69, 9.17) is 5.11 Å². The quantitative estimate of drug-likeness (QED) is 0.870. The van der Waals surface area contributed by atoms with Gasteiger partial charge in [-0.05, 0) is 37.5 Å². The van der Waals surface area contributed by atoms with Crippen molar-refractivity contribution in [2.45, 2.75) is 19.3 Å². The first kappa shape index (κ1) is 15.0. The van der Waals surface area contributed by atoms with E-state index in [1.807, 2.05) is 0 Å². The van der Waals surface area contributed by atoms with Crippen molar-refractivity contribution >= 4 is 17.8 Å². The fraction of sp³-hybridized carbons (Fsp3) is 0.400. The average molecular weight is 290 g/mol. The highest BCUT2D eigenvalue weighted by molar-refractivity contribution is 5.98. The third kappa shape index (κ3) is 4.05. The summed E-state index contributed by atoms with van der Waals surface area (Å²) in [4.78, 5) is 36.5. The van der Waals surface area contributed by atoms with Crippen molar-refractivity contribution in [2.75, 3.05) is 19.6 Å². The van der Waals surface area contributed by atoms with Gasteiger partial charge in [0.05, 0.1) is 12.1 Å². The molecule has 0 spiro atoms. The molecule has 2 rings (SSSR count). The van der Waals surface area contributed by atoms with E-state index in [-0.39, 0.29) is 23.6 Å². The molecule has 0 saturated carbocycles. The zero-order chi connectivity index (χ0) is 15.2. The largest absolute Gasteiger partial charge is 0.478 e. The number of aromatic carboxylic acids is 1. The van der Waals surface area contributed by atoms with Crippen LogP contribution in [0.2, 0.25) is 0 Å². The Morgan fingerprint density at radius 1 is 1.10 bits per heavy atom. The van der Waals surface area contributed by atoms with Crippen molar-refractivity contribution in [1.82, 2.24) is 10.2 Å². The summed E-state index contributed by atoms with van der Waals surface area (Å²) < 4.78 is 0. The Morgan fingerprint density at radius 3 is 2.43 bits per heavy atom. The van der Waals surface area contributed by atoms with Crippen LogP contribution in [0.4, 0.5) is 0 Å². The van der Waals surface area contributed by atoms with Gasteiger partial charge in [-0.15, -0.1) is 0 Å². The van der Waals surface area contributed by atoms with Crippen LogP contribution in [-0.4, -0.2) is 47.4 Å². The Balaban J connectivity index is 1.90. The molecule has 1 aromatic rings. The van der Waals surface area contributed by atoms with Crippen molar-refractivity contribution in [3.05, 3.63) is 35.4 Å². The zero-order valence-corrected chi connectivity index (χ0v) is 11.7. The molecule has 1 saturated heterocycles. The number of carbonyl (C=O) groups excluding carboxylic acids is 2. The van der Waals surface area contributed by atoms with Crippen LogP contribution in [0.15, 0.2) is 24.3 Å². The van der Waals surface area contributed by atoms with E-state index >= 15 is 0 Å². The predicted molar refractivity (Wildman–Crippen MR) is 76.2 cm³/mol. The van der Waals surface area contributed by atoms with Crippen LogP contribution in [0.5, 0.6) is 0 Å². The third-order valence-electron chi connectivity index (χ3n) is 3.48. The summed E-state index contributed by atoms with van der Waals surface area (Å²) in [5.74, 6) is -1.63. The molecule has 1 aliphatic rings. The Kier molecular flexibility index (Phi) is 4.92. The van der Waals surface area contributed by atoms with Gasteiger partial charge in [0, 0.05) is 18.7 Å². The molecule has 0 atom stereocenters. The number of carboxylic acids is 1. The number of benzene rings is 1. The Morgan fingerprint density at radius 2 is 1.76 bits per heavy atom. The number of likely N-dealkylation sites (tertiary alicyclic amines) is 1. The summed E-state index contributed by atoms with van der Waals surface area (Å²) in [6.45, 7) is 1.42. The minimum atomic E-state index is -1.09. The van der Waals surface area contributed by atoms with E-state index in [2.05, 4.69) is 5.32 Å². The number of carboxylic acid groups (broad SMARTS) is 1. The Hall–Kier alpha value is -2.37. The molecule has 21 heavy (non-hydrogen) atoms. The van der Waals surface area contributed by atoms with Gasteiger partial charge < -0.3 is 15.3 Å². The average Bonchev–Trinajstić information content (AvgIpc) is 2.53. The SMILES string of the molecule is O=C(O)c1cccc(C(=O)NCC(=O)N2CCCCC2)c1. The second-order valence-corrected chi connectivity index (χ2v) is 5.01. The summed E-state index contributed by atoms with van der Waals surface area (Å²) in [7, 11) is 0. The summed E-state index contributed by atoms with van der Waals surface area (Å²) in [5.41, 5.74) is 0.284. The first-order chi connectivity index (χ1) is 10.1. The maximum Gasteiger partial charge on any atom is 0.335 e. The molecule has 0 bridgehead atoms. The van der Waals surface area contributed by atoms with Crippen LogP contribution >= 0.6 is 0 Å². The lowest BCUT2D eigenvalue weighted by Gasteiger charge is -2.26. The molecular formula is C15H18N2O4. The summed E-state index contributed by atoms with van der Waals surface area (Å²) in [6, 6.07) is 5.74. The Labute approximate surface area is 122 Å². The van der Waals surface area contributed by atoms with Gasteiger partial charge in [0.15, 0.2) is 0 Å². The molecule has 1 heterocycles. The lowest BCUT2D eigenvalue weighted by Crippen LogP contribution is -2.42. The fourth-order valence-electron chi connectivity index (χ4n) is 2.31. The van der Waals surface area contributed by atoms with Gasteiger partial charge in [-0.2, -0.15) is 0 Å². The van der Waals surface area contributed by atoms with Crippen LogP contribution in [0.25, 0.3) is 0 Å². The molecule has 2 N–H and O–H groups in total. The summed E-state index contributed by atoms with van der Waals surface area (Å²) in [6.07, 6.45) is 3.14. The number of nitrogens with one attached hydrogen (secondary N) is 1. The topological polar surface area (TPSA) is 86.7 Å². The number of hydrogen-bond donors (Lipinski definition) is 2. The van der Waals surface area contributed by atoms with E-state index < -0.39 is 11.9 Å². The van der Waals surface area contributed by atoms with Crippen molar-refractivity contribution in [1.29, 1.82) is 0 Å². The second-order valence-electron chi connectivity index (χ2n) is 5.01. The fourth-order valence-corrected chi connectivity index (χ4v) is 2.31. The van der Waals surface area contributed by atoms with Gasteiger partial charge in [-0.3, -0.25) is 9.59 Å². The molecule has 6 nitrogen and oxygen atoms in total. The third-order valence-corrected chi connectivity index (χ3v) is 3.48. The van der Waals surface area contributed by atoms with Crippen molar-refractivity contribution < 1.29 is 19.5 Å². The maximum absolute atomic E-state index is 11.9. The molecule has 0 unspecified atom stereocenters. The van der Waals surface area contributed by atoms with E-state index in [1.165, 1.54) is 24.3 Å². The number of piperidine rings is 1. The van der Waals surface area contributed by atoms with E-state index in [0.717, 1.165) is 32.4 Å². The normalized spacial score (nSPS) is 14.6. The standard InChI is InChI=1S/C15H18N2O4/c18-13(17-7-2-1-3-8-17)10-16-14(19)11-5-4-6-12(9-11)15(20)21/h4-6,9H,1-3,7-8,10H2,(H,16,19)(H,20,21). The van der Waals surface area contributed by atoms with Crippen LogP contribution < -0.4 is 5.32 Å². The Bertz CT molecular complexity index is 550. The highest BCUT2D eigenvalue weighted by atomic mass is 16.4. The first-order valence-electron chi connectivity index (χ1n) is 6.97. The summed E-state index contributed by atoms with van der Waals surface area (Å²) >= 11 is 0. The lowest BCUT2D eigenvalue weighted by atomic mass is 10.1. The molecule has 1 aliphatic heterocycles. The second kappa shape index (κ2) is 6.88. The van der Waals surface area contributed by atoms with E-state index in [0.29, 0.717) is 0 Å². The first-order valence-corrected chi connectivity index (χ1v) is 6.97. The zero-order valence-electron chi connectivity index (χ0n) is 11.7. The number of rotatable bonds is 4. The molecule has 112 valence electrons. The predicted octanol–water partition coefficient (Wildman–Crippen LogP) is 1.13. The molecular weight excluding hydrogens is 272 g/mol. The molecule has 0 aliphatic carbocycles. The smallest absolute Gasteiger partial charge is 0.335 e. The van der Waals surface area contributed by atoms with Crippen molar-refractivity contribution in [2.24, 2.45) is 0 Å². The van der Waals surface area contributed by atoms with Crippen molar-refractivity contribution in [3.63, 3.8) is 0 Å². The number of amides is 2. The molecule has 6 heteroatoms. The molecule has 1 aromatic carbocycles. The van der Waals surface area contributed by atoms with Gasteiger partial charge in [-0.25, -0.2) is 4.79 Å². The van der Waals surface area contributed by atoms with E-state index in [1.54, 1.807) is 4.90 Å². The van der Waals surface area contributed by atoms with Crippen LogP contribution in [0, 0.1) is 0 Å². The van der Waals surface area contributed by atoms with Crippen LogP contribution in [0.1, 0.15) is 40.0 Å². The monoisotopic (exact) mass is 290 g/mol. The molecule has 1 fully saturated rings. The van der Waals surface area contributed by atoms with Gasteiger partial charge in [0.2, 0.25) is 5.91 Å².